The van der Waals surface area contributed by atoms with E-state index in [2.05, 4.69) is 0 Å². The molecule has 2 nitrogen and oxygen atoms in total. The monoisotopic (exact) mass is 254 g/mol. The third kappa shape index (κ3) is 4.25. The number of aryl methyl sites for hydroxylation is 1. The van der Waals surface area contributed by atoms with Crippen LogP contribution in [0, 0.1) is 5.92 Å². The molecule has 19 heavy (non-hydrogen) atoms. The predicted molar refractivity (Wildman–Crippen MR) is 76.0 cm³/mol. The van der Waals surface area contributed by atoms with Gasteiger partial charge in [0.05, 0.1) is 5.92 Å². The molecular weight excluding hydrogens is 236 g/mol. The summed E-state index contributed by atoms with van der Waals surface area (Å²) < 4.78 is 0. The van der Waals surface area contributed by atoms with Crippen LogP contribution in [0.2, 0.25) is 0 Å². The molecule has 0 unspecified atom stereocenters. The molecule has 0 aliphatic carbocycles. The number of hydrogen-bond acceptors (Lipinski definition) is 1. The van der Waals surface area contributed by atoms with Crippen molar-refractivity contribution < 1.29 is 9.90 Å². The molecule has 0 bridgehead atoms. The summed E-state index contributed by atoms with van der Waals surface area (Å²) in [6.45, 7) is 0. The third-order valence-electron chi connectivity index (χ3n) is 3.30. The first kappa shape index (κ1) is 13.3. The van der Waals surface area contributed by atoms with E-state index in [4.69, 9.17) is 0 Å². The van der Waals surface area contributed by atoms with Crippen molar-refractivity contribution >= 4 is 5.97 Å². The van der Waals surface area contributed by atoms with E-state index in [0.29, 0.717) is 12.8 Å². The molecule has 0 aromatic heterocycles. The van der Waals surface area contributed by atoms with Crippen molar-refractivity contribution in [3.63, 3.8) is 0 Å². The molecule has 0 saturated carbocycles. The fourth-order valence-corrected chi connectivity index (χ4v) is 2.20. The molecule has 2 aromatic carbocycles. The quantitative estimate of drug-likeness (QED) is 0.855. The second kappa shape index (κ2) is 6.74. The van der Waals surface area contributed by atoms with Crippen LogP contribution in [-0.4, -0.2) is 11.1 Å². The zero-order chi connectivity index (χ0) is 13.5. The lowest BCUT2D eigenvalue weighted by atomic mass is 9.93. The summed E-state index contributed by atoms with van der Waals surface area (Å²) in [4.78, 5) is 11.3. The summed E-state index contributed by atoms with van der Waals surface area (Å²) in [5.74, 6) is -1.03. The maximum atomic E-state index is 11.3. The molecule has 1 N–H and O–H groups in total. The van der Waals surface area contributed by atoms with Crippen molar-refractivity contribution in [1.29, 1.82) is 0 Å². The first-order valence-corrected chi connectivity index (χ1v) is 6.56. The van der Waals surface area contributed by atoms with E-state index < -0.39 is 5.97 Å². The first-order chi connectivity index (χ1) is 9.25. The van der Waals surface area contributed by atoms with Gasteiger partial charge in [0.25, 0.3) is 0 Å². The van der Waals surface area contributed by atoms with E-state index >= 15 is 0 Å². The third-order valence-corrected chi connectivity index (χ3v) is 3.30. The lowest BCUT2D eigenvalue weighted by Gasteiger charge is -2.12. The van der Waals surface area contributed by atoms with E-state index in [9.17, 15) is 9.90 Å². The average molecular weight is 254 g/mol. The lowest BCUT2D eigenvalue weighted by molar-refractivity contribution is -0.141. The minimum absolute atomic E-state index is 0.317. The zero-order valence-electron chi connectivity index (χ0n) is 10.8. The van der Waals surface area contributed by atoms with Crippen LogP contribution in [0.5, 0.6) is 0 Å². The summed E-state index contributed by atoms with van der Waals surface area (Å²) in [6, 6.07) is 19.9. The summed E-state index contributed by atoms with van der Waals surface area (Å²) in [5.41, 5.74) is 2.28. The van der Waals surface area contributed by atoms with Crippen LogP contribution < -0.4 is 0 Å². The van der Waals surface area contributed by atoms with Gasteiger partial charge in [0.1, 0.15) is 0 Å². The van der Waals surface area contributed by atoms with Gasteiger partial charge >= 0.3 is 5.97 Å². The first-order valence-electron chi connectivity index (χ1n) is 6.56. The van der Waals surface area contributed by atoms with Crippen LogP contribution >= 0.6 is 0 Å². The number of aliphatic carboxylic acids is 1. The normalized spacial score (nSPS) is 12.0. The highest BCUT2D eigenvalue weighted by atomic mass is 16.4. The summed E-state index contributed by atoms with van der Waals surface area (Å²) in [7, 11) is 0. The summed E-state index contributed by atoms with van der Waals surface area (Å²) in [6.07, 6.45) is 2.09. The van der Waals surface area contributed by atoms with Gasteiger partial charge in [-0.1, -0.05) is 60.7 Å². The average Bonchev–Trinajstić information content (AvgIpc) is 2.45. The van der Waals surface area contributed by atoms with E-state index in [1.807, 2.05) is 60.7 Å². The number of benzene rings is 2. The van der Waals surface area contributed by atoms with E-state index in [1.54, 1.807) is 0 Å². The van der Waals surface area contributed by atoms with Gasteiger partial charge in [0.15, 0.2) is 0 Å². The van der Waals surface area contributed by atoms with Crippen molar-refractivity contribution in [2.24, 2.45) is 5.92 Å². The zero-order valence-corrected chi connectivity index (χ0v) is 10.8. The van der Waals surface area contributed by atoms with Gasteiger partial charge < -0.3 is 5.11 Å². The van der Waals surface area contributed by atoms with Crippen molar-refractivity contribution in [3.8, 4) is 0 Å². The fraction of sp³-hybridized carbons (Fsp3) is 0.235. The van der Waals surface area contributed by atoms with Crippen LogP contribution in [0.25, 0.3) is 0 Å². The van der Waals surface area contributed by atoms with Crippen molar-refractivity contribution in [3.05, 3.63) is 71.8 Å². The number of rotatable bonds is 6. The Bertz CT molecular complexity index is 505. The molecule has 2 aromatic rings. The Kier molecular flexibility index (Phi) is 4.73. The lowest BCUT2D eigenvalue weighted by Crippen LogP contribution is -2.17. The van der Waals surface area contributed by atoms with Crippen LogP contribution in [0.1, 0.15) is 17.5 Å². The molecule has 0 heterocycles. The predicted octanol–water partition coefficient (Wildman–Crippen LogP) is 3.56. The highest BCUT2D eigenvalue weighted by Crippen LogP contribution is 2.16. The molecule has 2 rings (SSSR count). The summed E-state index contributed by atoms with van der Waals surface area (Å²) in [5, 5.41) is 9.31. The second-order valence-electron chi connectivity index (χ2n) is 4.75. The van der Waals surface area contributed by atoms with E-state index in [0.717, 1.165) is 12.0 Å². The van der Waals surface area contributed by atoms with Gasteiger partial charge in [-0.05, 0) is 30.4 Å². The van der Waals surface area contributed by atoms with Gasteiger partial charge in [-0.3, -0.25) is 4.79 Å². The fourth-order valence-electron chi connectivity index (χ4n) is 2.20. The molecule has 0 saturated heterocycles. The molecule has 1 atom stereocenters. The molecule has 0 amide bonds. The van der Waals surface area contributed by atoms with Crippen molar-refractivity contribution in [2.45, 2.75) is 19.3 Å². The van der Waals surface area contributed by atoms with Crippen LogP contribution in [0.15, 0.2) is 60.7 Å². The highest BCUT2D eigenvalue weighted by Gasteiger charge is 2.17. The van der Waals surface area contributed by atoms with Crippen LogP contribution in [0.3, 0.4) is 0 Å². The molecule has 0 spiro atoms. The minimum atomic E-state index is -0.709. The van der Waals surface area contributed by atoms with Crippen molar-refractivity contribution in [1.82, 2.24) is 0 Å². The number of hydrogen-bond donors (Lipinski definition) is 1. The van der Waals surface area contributed by atoms with Gasteiger partial charge in [0.2, 0.25) is 0 Å². The van der Waals surface area contributed by atoms with Crippen molar-refractivity contribution in [2.75, 3.05) is 0 Å². The molecule has 0 fully saturated rings. The topological polar surface area (TPSA) is 37.3 Å². The number of carboxylic acids is 1. The molecular formula is C17H18O2. The Morgan fingerprint density at radius 2 is 1.42 bits per heavy atom. The molecule has 2 heteroatoms. The largest absolute Gasteiger partial charge is 0.481 e. The van der Waals surface area contributed by atoms with Gasteiger partial charge in [-0.2, -0.15) is 0 Å². The van der Waals surface area contributed by atoms with Gasteiger partial charge in [-0.15, -0.1) is 0 Å². The smallest absolute Gasteiger partial charge is 0.306 e. The Hall–Kier alpha value is -2.09. The molecule has 0 aliphatic heterocycles. The molecule has 0 radical (unpaired) electrons. The Labute approximate surface area is 113 Å². The number of carboxylic acid groups (broad SMARTS) is 1. The standard InChI is InChI=1S/C17H18O2/c18-17(19)16(13-15-9-5-2-6-10-15)12-11-14-7-3-1-4-8-14/h1-10,16H,11-13H2,(H,18,19)/t16-/m1/s1. The van der Waals surface area contributed by atoms with Crippen LogP contribution in [-0.2, 0) is 17.6 Å². The maximum absolute atomic E-state index is 11.3. The van der Waals surface area contributed by atoms with Gasteiger partial charge in [-0.25, -0.2) is 0 Å². The Morgan fingerprint density at radius 3 is 1.95 bits per heavy atom. The van der Waals surface area contributed by atoms with E-state index in [1.165, 1.54) is 5.56 Å². The van der Waals surface area contributed by atoms with Gasteiger partial charge in [0, 0.05) is 0 Å². The SMILES string of the molecule is O=C(O)[C@H](CCc1ccccc1)Cc1ccccc1. The summed E-state index contributed by atoms with van der Waals surface area (Å²) >= 11 is 0. The molecule has 98 valence electrons. The molecule has 0 aliphatic rings. The second-order valence-corrected chi connectivity index (χ2v) is 4.75. The number of carbonyl (C=O) groups is 1. The minimum Gasteiger partial charge on any atom is -0.481 e. The highest BCUT2D eigenvalue weighted by molar-refractivity contribution is 5.70. The Balaban J connectivity index is 1.95. The maximum Gasteiger partial charge on any atom is 0.306 e. The van der Waals surface area contributed by atoms with E-state index in [-0.39, 0.29) is 5.92 Å². The van der Waals surface area contributed by atoms with Crippen LogP contribution in [0.4, 0.5) is 0 Å². The Morgan fingerprint density at radius 1 is 0.895 bits per heavy atom.